The van der Waals surface area contributed by atoms with Gasteiger partial charge in [0.1, 0.15) is 6.54 Å². The Balaban J connectivity index is 2.02. The van der Waals surface area contributed by atoms with Gasteiger partial charge in [-0.3, -0.25) is 18.7 Å². The first-order chi connectivity index (χ1) is 12.9. The van der Waals surface area contributed by atoms with Crippen LogP contribution >= 0.6 is 11.6 Å². The highest BCUT2D eigenvalue weighted by molar-refractivity contribution is 6.33. The Hall–Kier alpha value is -2.86. The molecule has 1 heterocycles. The van der Waals surface area contributed by atoms with Gasteiger partial charge in [-0.05, 0) is 43.2 Å². The quantitative estimate of drug-likeness (QED) is 0.733. The third-order valence-electron chi connectivity index (χ3n) is 4.28. The Bertz CT molecular complexity index is 1130. The lowest BCUT2D eigenvalue weighted by Gasteiger charge is -2.14. The van der Waals surface area contributed by atoms with Gasteiger partial charge in [-0.2, -0.15) is 0 Å². The van der Waals surface area contributed by atoms with E-state index in [1.807, 2.05) is 19.9 Å². The monoisotopic (exact) mass is 385 g/mol. The average molecular weight is 386 g/mol. The topological polar surface area (TPSA) is 73.1 Å². The van der Waals surface area contributed by atoms with Crippen molar-refractivity contribution in [3.8, 4) is 0 Å². The zero-order chi connectivity index (χ0) is 19.6. The number of halogens is 1. The molecular formula is C20H20ClN3O3. The van der Waals surface area contributed by atoms with E-state index in [2.05, 4.69) is 5.32 Å². The van der Waals surface area contributed by atoms with E-state index >= 15 is 0 Å². The summed E-state index contributed by atoms with van der Waals surface area (Å²) >= 11 is 6.16. The highest BCUT2D eigenvalue weighted by atomic mass is 35.5. The van der Waals surface area contributed by atoms with Gasteiger partial charge >= 0.3 is 5.69 Å². The van der Waals surface area contributed by atoms with E-state index in [1.165, 1.54) is 9.13 Å². The molecule has 1 N–H and O–H groups in total. The number of hydrogen-bond donors (Lipinski definition) is 1. The van der Waals surface area contributed by atoms with Gasteiger partial charge in [0.15, 0.2) is 0 Å². The molecule has 0 aliphatic heterocycles. The molecular weight excluding hydrogens is 366 g/mol. The van der Waals surface area contributed by atoms with E-state index in [4.69, 9.17) is 11.6 Å². The third kappa shape index (κ3) is 3.80. The van der Waals surface area contributed by atoms with Crippen LogP contribution in [0.3, 0.4) is 0 Å². The molecule has 0 spiro atoms. The lowest BCUT2D eigenvalue weighted by Crippen LogP contribution is -2.41. The second-order valence-corrected chi connectivity index (χ2v) is 6.78. The van der Waals surface area contributed by atoms with Crippen LogP contribution in [0.1, 0.15) is 18.9 Å². The summed E-state index contributed by atoms with van der Waals surface area (Å²) < 4.78 is 2.50. The molecule has 3 aromatic rings. The second-order valence-electron chi connectivity index (χ2n) is 6.37. The predicted molar refractivity (Wildman–Crippen MR) is 108 cm³/mol. The standard InChI is InChI=1S/C20H20ClN3O3/c1-3-10-23-19(26)14-6-4-5-7-17(14)24(20(23)27)12-18(25)22-16-9-8-13(2)11-15(16)21/h4-9,11H,3,10,12H2,1-2H3,(H,22,25). The number of anilines is 1. The number of benzene rings is 2. The van der Waals surface area contributed by atoms with Crippen LogP contribution in [-0.4, -0.2) is 15.0 Å². The Labute approximate surface area is 161 Å². The molecule has 3 rings (SSSR count). The minimum Gasteiger partial charge on any atom is -0.323 e. The van der Waals surface area contributed by atoms with Gasteiger partial charge in [-0.1, -0.05) is 36.7 Å². The third-order valence-corrected chi connectivity index (χ3v) is 4.59. The number of rotatable bonds is 5. The first-order valence-corrected chi connectivity index (χ1v) is 9.08. The summed E-state index contributed by atoms with van der Waals surface area (Å²) in [4.78, 5) is 37.9. The maximum atomic E-state index is 12.8. The molecule has 0 aliphatic rings. The summed E-state index contributed by atoms with van der Waals surface area (Å²) in [6.45, 7) is 3.87. The number of aromatic nitrogens is 2. The molecule has 0 saturated carbocycles. The van der Waals surface area contributed by atoms with Crippen molar-refractivity contribution in [2.45, 2.75) is 33.4 Å². The molecule has 0 fully saturated rings. The fourth-order valence-electron chi connectivity index (χ4n) is 3.00. The number of fused-ring (bicyclic) bond motifs is 1. The normalized spacial score (nSPS) is 10.9. The molecule has 2 aromatic carbocycles. The maximum Gasteiger partial charge on any atom is 0.331 e. The van der Waals surface area contributed by atoms with Crippen molar-refractivity contribution >= 4 is 34.1 Å². The van der Waals surface area contributed by atoms with E-state index in [0.717, 1.165) is 5.56 Å². The summed E-state index contributed by atoms with van der Waals surface area (Å²) in [5, 5.41) is 3.56. The van der Waals surface area contributed by atoms with Crippen molar-refractivity contribution in [1.29, 1.82) is 0 Å². The lowest BCUT2D eigenvalue weighted by atomic mass is 10.2. The summed E-state index contributed by atoms with van der Waals surface area (Å²) in [6, 6.07) is 12.1. The maximum absolute atomic E-state index is 12.8. The lowest BCUT2D eigenvalue weighted by molar-refractivity contribution is -0.116. The minimum absolute atomic E-state index is 0.215. The molecule has 140 valence electrons. The van der Waals surface area contributed by atoms with Crippen molar-refractivity contribution in [3.05, 3.63) is 73.9 Å². The van der Waals surface area contributed by atoms with E-state index in [9.17, 15) is 14.4 Å². The molecule has 7 heteroatoms. The highest BCUT2D eigenvalue weighted by Crippen LogP contribution is 2.22. The number of nitrogens with zero attached hydrogens (tertiary/aromatic N) is 2. The number of aryl methyl sites for hydroxylation is 1. The summed E-state index contributed by atoms with van der Waals surface area (Å²) in [6.07, 6.45) is 0.638. The van der Waals surface area contributed by atoms with Gasteiger partial charge < -0.3 is 5.32 Å². The van der Waals surface area contributed by atoms with Gasteiger partial charge in [-0.25, -0.2) is 4.79 Å². The van der Waals surface area contributed by atoms with Crippen LogP contribution in [0.25, 0.3) is 10.9 Å². The smallest absolute Gasteiger partial charge is 0.323 e. The van der Waals surface area contributed by atoms with Crippen molar-refractivity contribution in [2.75, 3.05) is 5.32 Å². The highest BCUT2D eigenvalue weighted by Gasteiger charge is 2.15. The van der Waals surface area contributed by atoms with Crippen LogP contribution in [0.2, 0.25) is 5.02 Å². The Morgan fingerprint density at radius 1 is 1.11 bits per heavy atom. The van der Waals surface area contributed by atoms with Crippen molar-refractivity contribution in [2.24, 2.45) is 0 Å². The first kappa shape index (κ1) is 18.9. The van der Waals surface area contributed by atoms with Crippen molar-refractivity contribution < 1.29 is 4.79 Å². The van der Waals surface area contributed by atoms with Crippen LogP contribution in [0.15, 0.2) is 52.1 Å². The zero-order valence-electron chi connectivity index (χ0n) is 15.2. The molecule has 6 nitrogen and oxygen atoms in total. The van der Waals surface area contributed by atoms with Crippen LogP contribution < -0.4 is 16.6 Å². The van der Waals surface area contributed by atoms with Gasteiger partial charge in [0.05, 0.1) is 21.6 Å². The SMILES string of the molecule is CCCn1c(=O)c2ccccc2n(CC(=O)Nc2ccc(C)cc2Cl)c1=O. The summed E-state index contributed by atoms with van der Waals surface area (Å²) in [7, 11) is 0. The number of carbonyl (C=O) groups excluding carboxylic acids is 1. The van der Waals surface area contributed by atoms with Crippen LogP contribution in [0.5, 0.6) is 0 Å². The fraction of sp³-hybridized carbons (Fsp3) is 0.250. The average Bonchev–Trinajstić information content (AvgIpc) is 2.64. The Morgan fingerprint density at radius 2 is 1.85 bits per heavy atom. The molecule has 0 aliphatic carbocycles. The molecule has 0 radical (unpaired) electrons. The molecule has 0 unspecified atom stereocenters. The van der Waals surface area contributed by atoms with E-state index in [1.54, 1.807) is 36.4 Å². The summed E-state index contributed by atoms with van der Waals surface area (Å²) in [5.74, 6) is -0.394. The van der Waals surface area contributed by atoms with E-state index in [-0.39, 0.29) is 12.1 Å². The van der Waals surface area contributed by atoms with Crippen molar-refractivity contribution in [1.82, 2.24) is 9.13 Å². The molecule has 27 heavy (non-hydrogen) atoms. The molecule has 0 atom stereocenters. The van der Waals surface area contributed by atoms with E-state index < -0.39 is 11.6 Å². The first-order valence-electron chi connectivity index (χ1n) is 8.70. The molecule has 1 aromatic heterocycles. The molecule has 0 saturated heterocycles. The van der Waals surface area contributed by atoms with Crippen LogP contribution in [-0.2, 0) is 17.9 Å². The second kappa shape index (κ2) is 7.80. The summed E-state index contributed by atoms with van der Waals surface area (Å²) in [5.41, 5.74) is 1.06. The minimum atomic E-state index is -0.495. The zero-order valence-corrected chi connectivity index (χ0v) is 15.9. The van der Waals surface area contributed by atoms with Gasteiger partial charge in [0.25, 0.3) is 5.56 Å². The molecule has 0 bridgehead atoms. The fourth-order valence-corrected chi connectivity index (χ4v) is 3.28. The number of nitrogens with one attached hydrogen (secondary N) is 1. The molecule has 1 amide bonds. The van der Waals surface area contributed by atoms with E-state index in [0.29, 0.717) is 34.6 Å². The van der Waals surface area contributed by atoms with Crippen LogP contribution in [0.4, 0.5) is 5.69 Å². The number of amides is 1. The number of hydrogen-bond acceptors (Lipinski definition) is 3. The predicted octanol–water partition coefficient (Wildman–Crippen LogP) is 3.17. The number of carbonyl (C=O) groups is 1. The Kier molecular flexibility index (Phi) is 5.46. The number of para-hydroxylation sites is 1. The van der Waals surface area contributed by atoms with Gasteiger partial charge in [-0.15, -0.1) is 0 Å². The van der Waals surface area contributed by atoms with Crippen LogP contribution in [0, 0.1) is 6.92 Å². The van der Waals surface area contributed by atoms with Gasteiger partial charge in [0.2, 0.25) is 5.91 Å². The Morgan fingerprint density at radius 3 is 2.56 bits per heavy atom. The largest absolute Gasteiger partial charge is 0.331 e. The van der Waals surface area contributed by atoms with Gasteiger partial charge in [0, 0.05) is 6.54 Å². The van der Waals surface area contributed by atoms with Crippen molar-refractivity contribution in [3.63, 3.8) is 0 Å².